The van der Waals surface area contributed by atoms with Crippen molar-refractivity contribution in [3.63, 3.8) is 0 Å². The Bertz CT molecular complexity index is 571. The van der Waals surface area contributed by atoms with Crippen molar-refractivity contribution in [3.05, 3.63) is 29.8 Å². The zero-order valence-electron chi connectivity index (χ0n) is 15.2. The Hall–Kier alpha value is -1.92. The van der Waals surface area contributed by atoms with Crippen LogP contribution in [0, 0.1) is 0 Å². The quantitative estimate of drug-likeness (QED) is 0.708. The fraction of sp³-hybridized carbons (Fsp3) is 0.579. The predicted molar refractivity (Wildman–Crippen MR) is 98.8 cm³/mol. The molecule has 2 N–H and O–H groups in total. The van der Waals surface area contributed by atoms with Crippen LogP contribution >= 0.6 is 0 Å². The molecule has 0 atom stereocenters. The van der Waals surface area contributed by atoms with Gasteiger partial charge in [-0.05, 0) is 38.1 Å². The maximum Gasteiger partial charge on any atom is 0.251 e. The molecule has 0 saturated heterocycles. The van der Waals surface area contributed by atoms with Crippen LogP contribution in [0.2, 0.25) is 0 Å². The third kappa shape index (κ3) is 6.48. The van der Waals surface area contributed by atoms with Crippen molar-refractivity contribution in [1.82, 2.24) is 10.2 Å². The van der Waals surface area contributed by atoms with E-state index in [1.54, 1.807) is 31.4 Å². The molecule has 2 amide bonds. The molecule has 1 aromatic carbocycles. The zero-order valence-corrected chi connectivity index (χ0v) is 15.2. The van der Waals surface area contributed by atoms with Gasteiger partial charge in [-0.3, -0.25) is 14.5 Å². The van der Waals surface area contributed by atoms with Gasteiger partial charge >= 0.3 is 0 Å². The van der Waals surface area contributed by atoms with E-state index >= 15 is 0 Å². The largest absolute Gasteiger partial charge is 0.383 e. The van der Waals surface area contributed by atoms with Crippen LogP contribution in [0.3, 0.4) is 0 Å². The molecule has 1 fully saturated rings. The van der Waals surface area contributed by atoms with Crippen LogP contribution in [-0.4, -0.2) is 56.6 Å². The normalized spacial score (nSPS) is 15.2. The summed E-state index contributed by atoms with van der Waals surface area (Å²) in [4.78, 5) is 26.5. The Balaban J connectivity index is 1.85. The Morgan fingerprint density at radius 2 is 2.00 bits per heavy atom. The van der Waals surface area contributed by atoms with E-state index in [2.05, 4.69) is 15.5 Å². The molecule has 6 nitrogen and oxygen atoms in total. The molecule has 6 heteroatoms. The second kappa shape index (κ2) is 10.2. The van der Waals surface area contributed by atoms with Crippen LogP contribution in [0.1, 0.15) is 42.5 Å². The Morgan fingerprint density at radius 3 is 2.72 bits per heavy atom. The summed E-state index contributed by atoms with van der Waals surface area (Å²) in [7, 11) is 3.60. The molecule has 1 aliphatic rings. The fourth-order valence-electron chi connectivity index (χ4n) is 3.18. The maximum absolute atomic E-state index is 12.3. The van der Waals surface area contributed by atoms with Crippen LogP contribution in [0.5, 0.6) is 0 Å². The van der Waals surface area contributed by atoms with E-state index in [1.165, 1.54) is 32.1 Å². The Kier molecular flexibility index (Phi) is 7.88. The SMILES string of the molecule is COCCNC(=O)c1cccc(NC(=O)CN(C)C2CCCCC2)c1. The van der Waals surface area contributed by atoms with Gasteiger partial charge in [0.2, 0.25) is 5.91 Å². The molecular formula is C19H29N3O3. The number of hydrogen-bond donors (Lipinski definition) is 2. The van der Waals surface area contributed by atoms with Crippen LogP contribution in [-0.2, 0) is 9.53 Å². The Labute approximate surface area is 149 Å². The molecule has 138 valence electrons. The number of nitrogens with zero attached hydrogens (tertiary/aromatic N) is 1. The van der Waals surface area contributed by atoms with Crippen molar-refractivity contribution in [2.24, 2.45) is 0 Å². The molecular weight excluding hydrogens is 318 g/mol. The molecule has 0 unspecified atom stereocenters. The minimum absolute atomic E-state index is 0.0509. The van der Waals surface area contributed by atoms with Gasteiger partial charge in [0.15, 0.2) is 0 Å². The van der Waals surface area contributed by atoms with Crippen LogP contribution < -0.4 is 10.6 Å². The summed E-state index contributed by atoms with van der Waals surface area (Å²) >= 11 is 0. The molecule has 1 aromatic rings. The number of rotatable bonds is 8. The molecule has 0 aliphatic heterocycles. The van der Waals surface area contributed by atoms with E-state index in [9.17, 15) is 9.59 Å². The number of benzene rings is 1. The molecule has 0 bridgehead atoms. The van der Waals surface area contributed by atoms with Crippen molar-refractivity contribution < 1.29 is 14.3 Å². The van der Waals surface area contributed by atoms with E-state index in [-0.39, 0.29) is 11.8 Å². The average Bonchev–Trinajstić information content (AvgIpc) is 2.62. The van der Waals surface area contributed by atoms with Crippen molar-refractivity contribution in [2.45, 2.75) is 38.1 Å². The van der Waals surface area contributed by atoms with E-state index in [4.69, 9.17) is 4.74 Å². The third-order valence-corrected chi connectivity index (χ3v) is 4.59. The topological polar surface area (TPSA) is 70.7 Å². The summed E-state index contributed by atoms with van der Waals surface area (Å²) in [6.07, 6.45) is 6.13. The van der Waals surface area contributed by atoms with E-state index < -0.39 is 0 Å². The van der Waals surface area contributed by atoms with Gasteiger partial charge in [-0.15, -0.1) is 0 Å². The number of hydrogen-bond acceptors (Lipinski definition) is 4. The number of likely N-dealkylation sites (N-methyl/N-ethyl adjacent to an activating group) is 1. The lowest BCUT2D eigenvalue weighted by atomic mass is 9.94. The first-order chi connectivity index (χ1) is 12.1. The monoisotopic (exact) mass is 347 g/mol. The highest BCUT2D eigenvalue weighted by Gasteiger charge is 2.19. The second-order valence-electron chi connectivity index (χ2n) is 6.58. The summed E-state index contributed by atoms with van der Waals surface area (Å²) in [5, 5.41) is 5.66. The molecule has 2 rings (SSSR count). The standard InChI is InChI=1S/C19H29N3O3/c1-22(17-9-4-3-5-10-17)14-18(23)21-16-8-6-7-15(13-16)19(24)20-11-12-25-2/h6-8,13,17H,3-5,9-12,14H2,1-2H3,(H,20,24)(H,21,23). The van der Waals surface area contributed by atoms with Gasteiger partial charge in [0.05, 0.1) is 13.2 Å². The van der Waals surface area contributed by atoms with Crippen LogP contribution in [0.4, 0.5) is 5.69 Å². The lowest BCUT2D eigenvalue weighted by molar-refractivity contribution is -0.117. The molecule has 0 spiro atoms. The number of amides is 2. The number of carbonyl (C=O) groups is 2. The van der Waals surface area contributed by atoms with Gasteiger partial charge in [-0.2, -0.15) is 0 Å². The van der Waals surface area contributed by atoms with Crippen molar-refractivity contribution >= 4 is 17.5 Å². The smallest absolute Gasteiger partial charge is 0.251 e. The van der Waals surface area contributed by atoms with Crippen molar-refractivity contribution in [1.29, 1.82) is 0 Å². The third-order valence-electron chi connectivity index (χ3n) is 4.59. The highest BCUT2D eigenvalue weighted by molar-refractivity contribution is 5.97. The Morgan fingerprint density at radius 1 is 1.24 bits per heavy atom. The van der Waals surface area contributed by atoms with Gasteiger partial charge in [0.25, 0.3) is 5.91 Å². The van der Waals surface area contributed by atoms with Gasteiger partial charge in [0.1, 0.15) is 0 Å². The highest BCUT2D eigenvalue weighted by atomic mass is 16.5. The number of carbonyl (C=O) groups excluding carboxylic acids is 2. The molecule has 0 radical (unpaired) electrons. The zero-order chi connectivity index (χ0) is 18.1. The summed E-state index contributed by atoms with van der Waals surface area (Å²) in [5.74, 6) is -0.225. The van der Waals surface area contributed by atoms with Crippen molar-refractivity contribution in [3.8, 4) is 0 Å². The fourth-order valence-corrected chi connectivity index (χ4v) is 3.18. The van der Waals surface area contributed by atoms with Crippen molar-refractivity contribution in [2.75, 3.05) is 39.2 Å². The summed E-state index contributed by atoms with van der Waals surface area (Å²) in [6, 6.07) is 7.49. The molecule has 1 saturated carbocycles. The number of methoxy groups -OCH3 is 1. The molecule has 0 aromatic heterocycles. The minimum atomic E-state index is -0.174. The van der Waals surface area contributed by atoms with Gasteiger partial charge in [0, 0.05) is 30.9 Å². The first kappa shape index (κ1) is 19.4. The molecule has 0 heterocycles. The van der Waals surface area contributed by atoms with Crippen LogP contribution in [0.25, 0.3) is 0 Å². The lowest BCUT2D eigenvalue weighted by Gasteiger charge is -2.30. The predicted octanol–water partition coefficient (Wildman–Crippen LogP) is 2.27. The molecule has 1 aliphatic carbocycles. The number of nitrogens with one attached hydrogen (secondary N) is 2. The van der Waals surface area contributed by atoms with Gasteiger partial charge in [-0.25, -0.2) is 0 Å². The minimum Gasteiger partial charge on any atom is -0.383 e. The van der Waals surface area contributed by atoms with Gasteiger partial charge in [-0.1, -0.05) is 25.3 Å². The first-order valence-corrected chi connectivity index (χ1v) is 8.97. The number of ether oxygens (including phenoxy) is 1. The maximum atomic E-state index is 12.3. The molecule has 25 heavy (non-hydrogen) atoms. The van der Waals surface area contributed by atoms with E-state index in [0.717, 1.165) is 0 Å². The van der Waals surface area contributed by atoms with Crippen LogP contribution in [0.15, 0.2) is 24.3 Å². The van der Waals surface area contributed by atoms with Gasteiger partial charge < -0.3 is 15.4 Å². The van der Waals surface area contributed by atoms with E-state index in [0.29, 0.717) is 37.0 Å². The summed E-state index contributed by atoms with van der Waals surface area (Å²) in [5.41, 5.74) is 1.16. The second-order valence-corrected chi connectivity index (χ2v) is 6.58. The lowest BCUT2D eigenvalue weighted by Crippen LogP contribution is -2.39. The average molecular weight is 347 g/mol. The first-order valence-electron chi connectivity index (χ1n) is 8.97. The highest BCUT2D eigenvalue weighted by Crippen LogP contribution is 2.21. The number of anilines is 1. The summed E-state index contributed by atoms with van der Waals surface area (Å²) < 4.78 is 4.91. The van der Waals surface area contributed by atoms with E-state index in [1.807, 2.05) is 7.05 Å². The summed E-state index contributed by atoms with van der Waals surface area (Å²) in [6.45, 7) is 1.29.